The van der Waals surface area contributed by atoms with Gasteiger partial charge in [-0.2, -0.15) is 0 Å². The monoisotopic (exact) mass is 288 g/mol. The summed E-state index contributed by atoms with van der Waals surface area (Å²) >= 11 is 0. The standard InChI is InChI=1S/C15H16N2O4/c1-10-8-13(21-17-10)9-16-14(18)7-4-11-2-5-12(6-3-11)15(19)20/h2-3,5-6,8H,4,7,9H2,1H3,(H,16,18)(H,19,20). The Balaban J connectivity index is 1.77. The molecule has 0 radical (unpaired) electrons. The number of carbonyl (C=O) groups excluding carboxylic acids is 1. The van der Waals surface area contributed by atoms with Crippen molar-refractivity contribution in [1.29, 1.82) is 0 Å². The highest BCUT2D eigenvalue weighted by atomic mass is 16.5. The van der Waals surface area contributed by atoms with E-state index < -0.39 is 5.97 Å². The lowest BCUT2D eigenvalue weighted by Crippen LogP contribution is -2.22. The van der Waals surface area contributed by atoms with Crippen molar-refractivity contribution in [1.82, 2.24) is 10.5 Å². The molecule has 0 spiro atoms. The Morgan fingerprint density at radius 1 is 1.29 bits per heavy atom. The van der Waals surface area contributed by atoms with Crippen LogP contribution in [0.5, 0.6) is 0 Å². The number of carboxylic acid groups (broad SMARTS) is 1. The fourth-order valence-electron chi connectivity index (χ4n) is 1.85. The van der Waals surface area contributed by atoms with E-state index in [4.69, 9.17) is 9.63 Å². The van der Waals surface area contributed by atoms with Crippen LogP contribution in [0.1, 0.15) is 33.8 Å². The number of aryl methyl sites for hydroxylation is 2. The van der Waals surface area contributed by atoms with Crippen molar-refractivity contribution in [2.24, 2.45) is 0 Å². The van der Waals surface area contributed by atoms with E-state index in [0.29, 0.717) is 25.1 Å². The molecule has 6 nitrogen and oxygen atoms in total. The lowest BCUT2D eigenvalue weighted by atomic mass is 10.1. The summed E-state index contributed by atoms with van der Waals surface area (Å²) in [5, 5.41) is 15.3. The number of amides is 1. The number of rotatable bonds is 6. The average molecular weight is 288 g/mol. The van der Waals surface area contributed by atoms with Gasteiger partial charge in [0.25, 0.3) is 0 Å². The predicted octanol–water partition coefficient (Wildman–Crippen LogP) is 1.93. The number of aromatic carboxylic acids is 1. The molecular weight excluding hydrogens is 272 g/mol. The molecule has 1 aromatic heterocycles. The van der Waals surface area contributed by atoms with Crippen LogP contribution in [0, 0.1) is 6.92 Å². The van der Waals surface area contributed by atoms with E-state index in [9.17, 15) is 9.59 Å². The molecule has 0 bridgehead atoms. The first-order chi connectivity index (χ1) is 10.0. The van der Waals surface area contributed by atoms with E-state index >= 15 is 0 Å². The number of carbonyl (C=O) groups is 2. The number of nitrogens with zero attached hydrogens (tertiary/aromatic N) is 1. The van der Waals surface area contributed by atoms with Crippen molar-refractivity contribution in [3.8, 4) is 0 Å². The van der Waals surface area contributed by atoms with Crippen LogP contribution < -0.4 is 5.32 Å². The number of carboxylic acids is 1. The first-order valence-electron chi connectivity index (χ1n) is 6.56. The Bertz CT molecular complexity index is 631. The molecule has 0 saturated heterocycles. The maximum atomic E-state index is 11.7. The number of nitrogens with one attached hydrogen (secondary N) is 1. The van der Waals surface area contributed by atoms with Gasteiger partial charge in [-0.3, -0.25) is 4.79 Å². The van der Waals surface area contributed by atoms with Gasteiger partial charge in [-0.25, -0.2) is 4.79 Å². The maximum Gasteiger partial charge on any atom is 0.335 e. The largest absolute Gasteiger partial charge is 0.478 e. The summed E-state index contributed by atoms with van der Waals surface area (Å²) in [5.41, 5.74) is 1.94. The second-order valence-electron chi connectivity index (χ2n) is 4.71. The number of hydrogen-bond acceptors (Lipinski definition) is 4. The third-order valence-corrected chi connectivity index (χ3v) is 2.98. The molecule has 21 heavy (non-hydrogen) atoms. The quantitative estimate of drug-likeness (QED) is 0.847. The van der Waals surface area contributed by atoms with Gasteiger partial charge >= 0.3 is 5.97 Å². The molecule has 110 valence electrons. The molecule has 0 aliphatic carbocycles. The van der Waals surface area contributed by atoms with E-state index in [1.54, 1.807) is 18.2 Å². The summed E-state index contributed by atoms with van der Waals surface area (Å²) in [6.07, 6.45) is 0.890. The van der Waals surface area contributed by atoms with Crippen molar-refractivity contribution >= 4 is 11.9 Å². The maximum absolute atomic E-state index is 11.7. The molecule has 0 unspecified atom stereocenters. The van der Waals surface area contributed by atoms with Crippen LogP contribution in [0.15, 0.2) is 34.9 Å². The van der Waals surface area contributed by atoms with Crippen LogP contribution in [-0.4, -0.2) is 22.1 Å². The molecule has 1 aromatic carbocycles. The number of hydrogen-bond donors (Lipinski definition) is 2. The second-order valence-corrected chi connectivity index (χ2v) is 4.71. The topological polar surface area (TPSA) is 92.4 Å². The summed E-state index contributed by atoms with van der Waals surface area (Å²) in [7, 11) is 0. The highest BCUT2D eigenvalue weighted by Crippen LogP contribution is 2.07. The van der Waals surface area contributed by atoms with Crippen molar-refractivity contribution in [3.63, 3.8) is 0 Å². The SMILES string of the molecule is Cc1cc(CNC(=O)CCc2ccc(C(=O)O)cc2)on1. The summed E-state index contributed by atoms with van der Waals surface area (Å²) < 4.78 is 4.99. The van der Waals surface area contributed by atoms with Gasteiger partial charge < -0.3 is 14.9 Å². The smallest absolute Gasteiger partial charge is 0.335 e. The van der Waals surface area contributed by atoms with Crippen molar-refractivity contribution in [3.05, 3.63) is 52.9 Å². The zero-order valence-electron chi connectivity index (χ0n) is 11.6. The van der Waals surface area contributed by atoms with Gasteiger partial charge in [-0.1, -0.05) is 17.3 Å². The normalized spacial score (nSPS) is 10.3. The fraction of sp³-hybridized carbons (Fsp3) is 0.267. The minimum atomic E-state index is -0.957. The van der Waals surface area contributed by atoms with Gasteiger partial charge in [0, 0.05) is 12.5 Å². The first kappa shape index (κ1) is 14.8. The Kier molecular flexibility index (Phi) is 4.71. The summed E-state index contributed by atoms with van der Waals surface area (Å²) in [6.45, 7) is 2.13. The zero-order valence-corrected chi connectivity index (χ0v) is 11.6. The van der Waals surface area contributed by atoms with Crippen LogP contribution in [0.25, 0.3) is 0 Å². The van der Waals surface area contributed by atoms with E-state index in [1.807, 2.05) is 6.92 Å². The van der Waals surface area contributed by atoms with Crippen molar-refractivity contribution in [2.45, 2.75) is 26.3 Å². The van der Waals surface area contributed by atoms with Gasteiger partial charge in [0.2, 0.25) is 5.91 Å². The molecule has 0 aliphatic heterocycles. The van der Waals surface area contributed by atoms with Crippen LogP contribution in [0.4, 0.5) is 0 Å². The van der Waals surface area contributed by atoms with Crippen molar-refractivity contribution < 1.29 is 19.2 Å². The molecule has 2 aromatic rings. The van der Waals surface area contributed by atoms with Crippen molar-refractivity contribution in [2.75, 3.05) is 0 Å². The van der Waals surface area contributed by atoms with E-state index in [0.717, 1.165) is 11.3 Å². The lowest BCUT2D eigenvalue weighted by Gasteiger charge is -2.03. The fourth-order valence-corrected chi connectivity index (χ4v) is 1.85. The summed E-state index contributed by atoms with van der Waals surface area (Å²) in [6, 6.07) is 8.28. The molecule has 2 rings (SSSR count). The highest BCUT2D eigenvalue weighted by Gasteiger charge is 2.06. The van der Waals surface area contributed by atoms with Crippen LogP contribution in [-0.2, 0) is 17.8 Å². The van der Waals surface area contributed by atoms with E-state index in [1.165, 1.54) is 12.1 Å². The van der Waals surface area contributed by atoms with E-state index in [-0.39, 0.29) is 11.5 Å². The molecule has 0 aliphatic rings. The van der Waals surface area contributed by atoms with E-state index in [2.05, 4.69) is 10.5 Å². The van der Waals surface area contributed by atoms with Gasteiger partial charge in [0.1, 0.15) is 0 Å². The Labute approximate surface area is 121 Å². The molecule has 0 atom stereocenters. The number of aromatic nitrogens is 1. The van der Waals surface area contributed by atoms with Gasteiger partial charge in [0.15, 0.2) is 5.76 Å². The summed E-state index contributed by atoms with van der Waals surface area (Å²) in [4.78, 5) is 22.4. The van der Waals surface area contributed by atoms with Gasteiger partial charge in [-0.15, -0.1) is 0 Å². The van der Waals surface area contributed by atoms with Gasteiger partial charge in [-0.05, 0) is 31.0 Å². The molecule has 1 amide bonds. The average Bonchev–Trinajstić information content (AvgIpc) is 2.89. The minimum Gasteiger partial charge on any atom is -0.478 e. The molecular formula is C15H16N2O4. The minimum absolute atomic E-state index is 0.0913. The second kappa shape index (κ2) is 6.69. The summed E-state index contributed by atoms with van der Waals surface area (Å²) in [5.74, 6) is -0.431. The Morgan fingerprint density at radius 2 is 2.00 bits per heavy atom. The van der Waals surface area contributed by atoms with Crippen LogP contribution >= 0.6 is 0 Å². The third kappa shape index (κ3) is 4.45. The Morgan fingerprint density at radius 3 is 2.57 bits per heavy atom. The van der Waals surface area contributed by atoms with Crippen LogP contribution in [0.2, 0.25) is 0 Å². The molecule has 1 heterocycles. The molecule has 6 heteroatoms. The number of benzene rings is 1. The Hall–Kier alpha value is -2.63. The molecule has 2 N–H and O–H groups in total. The first-order valence-corrected chi connectivity index (χ1v) is 6.56. The highest BCUT2D eigenvalue weighted by molar-refractivity contribution is 5.87. The van der Waals surface area contributed by atoms with Gasteiger partial charge in [0.05, 0.1) is 17.8 Å². The zero-order chi connectivity index (χ0) is 15.2. The molecule has 0 fully saturated rings. The van der Waals surface area contributed by atoms with Crippen LogP contribution in [0.3, 0.4) is 0 Å². The third-order valence-electron chi connectivity index (χ3n) is 2.98. The predicted molar refractivity (Wildman–Crippen MR) is 74.8 cm³/mol. The molecule has 0 saturated carbocycles. The lowest BCUT2D eigenvalue weighted by molar-refractivity contribution is -0.121.